The van der Waals surface area contributed by atoms with Crippen molar-refractivity contribution in [2.45, 2.75) is 6.42 Å². The lowest BCUT2D eigenvalue weighted by molar-refractivity contribution is 0.102. The van der Waals surface area contributed by atoms with Crippen LogP contribution in [0.2, 0.25) is 0 Å². The number of carbonyl (C=O) groups is 1. The first-order valence-corrected chi connectivity index (χ1v) is 7.37. The number of methoxy groups -OCH3 is 1. The summed E-state index contributed by atoms with van der Waals surface area (Å²) in [7, 11) is 1.59. The molecule has 4 nitrogen and oxygen atoms in total. The van der Waals surface area contributed by atoms with Crippen molar-refractivity contribution < 1.29 is 9.53 Å². The van der Waals surface area contributed by atoms with E-state index in [-0.39, 0.29) is 5.91 Å². The van der Waals surface area contributed by atoms with E-state index in [0.29, 0.717) is 23.5 Å². The second kappa shape index (κ2) is 7.24. The predicted octanol–water partition coefficient (Wildman–Crippen LogP) is 3.21. The average molecular weight is 349 g/mol. The number of nitrogens with two attached hydrogens (primary N) is 1. The molecule has 2 aromatic carbocycles. The minimum absolute atomic E-state index is 0.154. The summed E-state index contributed by atoms with van der Waals surface area (Å²) in [6.45, 7) is 0.601. The number of amides is 1. The van der Waals surface area contributed by atoms with Crippen molar-refractivity contribution >= 4 is 27.5 Å². The zero-order chi connectivity index (χ0) is 15.2. The molecule has 0 aliphatic heterocycles. The van der Waals surface area contributed by atoms with Crippen LogP contribution in [0.3, 0.4) is 0 Å². The van der Waals surface area contributed by atoms with Gasteiger partial charge in [-0.25, -0.2) is 0 Å². The number of anilines is 1. The van der Waals surface area contributed by atoms with Gasteiger partial charge in [-0.2, -0.15) is 0 Å². The van der Waals surface area contributed by atoms with Crippen molar-refractivity contribution in [3.8, 4) is 5.75 Å². The zero-order valence-corrected chi connectivity index (χ0v) is 13.3. The molecule has 0 heterocycles. The zero-order valence-electron chi connectivity index (χ0n) is 11.7. The number of halogens is 1. The molecule has 0 saturated heterocycles. The molecule has 0 fully saturated rings. The normalized spacial score (nSPS) is 10.2. The van der Waals surface area contributed by atoms with Gasteiger partial charge < -0.3 is 15.8 Å². The predicted molar refractivity (Wildman–Crippen MR) is 87.8 cm³/mol. The van der Waals surface area contributed by atoms with E-state index in [1.807, 2.05) is 24.3 Å². The topological polar surface area (TPSA) is 64.3 Å². The summed E-state index contributed by atoms with van der Waals surface area (Å²) in [5, 5.41) is 2.85. The molecule has 0 saturated carbocycles. The van der Waals surface area contributed by atoms with Crippen LogP contribution in [0, 0.1) is 0 Å². The van der Waals surface area contributed by atoms with Gasteiger partial charge in [-0.1, -0.05) is 12.1 Å². The van der Waals surface area contributed by atoms with Crippen LogP contribution in [0.15, 0.2) is 46.9 Å². The van der Waals surface area contributed by atoms with Gasteiger partial charge in [0.25, 0.3) is 5.91 Å². The van der Waals surface area contributed by atoms with Crippen LogP contribution in [0.5, 0.6) is 5.75 Å². The number of hydrogen-bond acceptors (Lipinski definition) is 3. The highest BCUT2D eigenvalue weighted by molar-refractivity contribution is 9.10. The van der Waals surface area contributed by atoms with Crippen molar-refractivity contribution in [1.29, 1.82) is 0 Å². The number of rotatable bonds is 5. The fourth-order valence-electron chi connectivity index (χ4n) is 1.93. The molecule has 0 aromatic heterocycles. The molecule has 0 unspecified atom stereocenters. The minimum Gasteiger partial charge on any atom is -0.495 e. The molecule has 2 aromatic rings. The van der Waals surface area contributed by atoms with Crippen LogP contribution in [-0.4, -0.2) is 19.6 Å². The van der Waals surface area contributed by atoms with Crippen LogP contribution in [0.1, 0.15) is 15.9 Å². The minimum atomic E-state index is -0.154. The standard InChI is InChI=1S/C16H17BrN2O2/c1-21-15-10-13(6-7-14(15)17)19-16(20)12-4-2-11(3-5-12)8-9-18/h2-7,10H,8-9,18H2,1H3,(H,19,20). The van der Waals surface area contributed by atoms with E-state index < -0.39 is 0 Å². The van der Waals surface area contributed by atoms with Crippen LogP contribution in [0.4, 0.5) is 5.69 Å². The van der Waals surface area contributed by atoms with Crippen molar-refractivity contribution in [2.75, 3.05) is 19.0 Å². The van der Waals surface area contributed by atoms with Gasteiger partial charge in [0.2, 0.25) is 0 Å². The van der Waals surface area contributed by atoms with Gasteiger partial charge in [0, 0.05) is 17.3 Å². The summed E-state index contributed by atoms with van der Waals surface area (Å²) in [5.41, 5.74) is 7.92. The Hall–Kier alpha value is -1.85. The van der Waals surface area contributed by atoms with E-state index in [9.17, 15) is 4.79 Å². The Morgan fingerprint density at radius 2 is 1.95 bits per heavy atom. The second-order valence-electron chi connectivity index (χ2n) is 4.54. The molecule has 0 radical (unpaired) electrons. The number of carbonyl (C=O) groups excluding carboxylic acids is 1. The maximum atomic E-state index is 12.2. The number of ether oxygens (including phenoxy) is 1. The Kier molecular flexibility index (Phi) is 5.36. The Balaban J connectivity index is 2.10. The average Bonchev–Trinajstić information content (AvgIpc) is 2.50. The Morgan fingerprint density at radius 3 is 2.57 bits per heavy atom. The highest BCUT2D eigenvalue weighted by Gasteiger charge is 2.08. The third kappa shape index (κ3) is 4.06. The third-order valence-electron chi connectivity index (χ3n) is 3.06. The largest absolute Gasteiger partial charge is 0.495 e. The quantitative estimate of drug-likeness (QED) is 0.871. The molecule has 0 aliphatic carbocycles. The molecule has 21 heavy (non-hydrogen) atoms. The molecule has 0 aliphatic rings. The molecular weight excluding hydrogens is 332 g/mol. The lowest BCUT2D eigenvalue weighted by atomic mass is 10.1. The summed E-state index contributed by atoms with van der Waals surface area (Å²) in [6, 6.07) is 12.9. The molecular formula is C16H17BrN2O2. The highest BCUT2D eigenvalue weighted by Crippen LogP contribution is 2.28. The molecule has 0 atom stereocenters. The van der Waals surface area contributed by atoms with Crippen LogP contribution >= 0.6 is 15.9 Å². The SMILES string of the molecule is COc1cc(NC(=O)c2ccc(CCN)cc2)ccc1Br. The molecule has 0 spiro atoms. The number of nitrogens with one attached hydrogen (secondary N) is 1. The summed E-state index contributed by atoms with van der Waals surface area (Å²) in [6.07, 6.45) is 0.811. The van der Waals surface area contributed by atoms with Gasteiger partial charge >= 0.3 is 0 Å². The van der Waals surface area contributed by atoms with E-state index in [4.69, 9.17) is 10.5 Å². The maximum absolute atomic E-state index is 12.2. The third-order valence-corrected chi connectivity index (χ3v) is 3.71. The van der Waals surface area contributed by atoms with Crippen molar-refractivity contribution in [3.05, 3.63) is 58.1 Å². The van der Waals surface area contributed by atoms with E-state index in [1.54, 1.807) is 25.3 Å². The highest BCUT2D eigenvalue weighted by atomic mass is 79.9. The summed E-state index contributed by atoms with van der Waals surface area (Å²) < 4.78 is 6.05. The number of hydrogen-bond donors (Lipinski definition) is 2. The summed E-state index contributed by atoms with van der Waals surface area (Å²) >= 11 is 3.38. The van der Waals surface area contributed by atoms with E-state index in [0.717, 1.165) is 16.5 Å². The Bertz CT molecular complexity index is 627. The Labute approximate surface area is 132 Å². The van der Waals surface area contributed by atoms with Crippen LogP contribution in [0.25, 0.3) is 0 Å². The first-order valence-electron chi connectivity index (χ1n) is 6.58. The van der Waals surface area contributed by atoms with Gasteiger partial charge in [-0.15, -0.1) is 0 Å². The summed E-state index contributed by atoms with van der Waals surface area (Å²) in [5.74, 6) is 0.518. The van der Waals surface area contributed by atoms with Crippen molar-refractivity contribution in [3.63, 3.8) is 0 Å². The molecule has 2 rings (SSSR count). The van der Waals surface area contributed by atoms with Crippen LogP contribution < -0.4 is 15.8 Å². The first kappa shape index (κ1) is 15.5. The van der Waals surface area contributed by atoms with Gasteiger partial charge in [0.05, 0.1) is 11.6 Å². The molecule has 0 bridgehead atoms. The van der Waals surface area contributed by atoms with Crippen molar-refractivity contribution in [2.24, 2.45) is 5.73 Å². The summed E-state index contributed by atoms with van der Waals surface area (Å²) in [4.78, 5) is 12.2. The lowest BCUT2D eigenvalue weighted by Gasteiger charge is -2.09. The van der Waals surface area contributed by atoms with Gasteiger partial charge in [-0.3, -0.25) is 4.79 Å². The smallest absolute Gasteiger partial charge is 0.255 e. The van der Waals surface area contributed by atoms with Gasteiger partial charge in [0.1, 0.15) is 5.75 Å². The lowest BCUT2D eigenvalue weighted by Crippen LogP contribution is -2.12. The molecule has 1 amide bonds. The van der Waals surface area contributed by atoms with Gasteiger partial charge in [0.15, 0.2) is 0 Å². The fourth-order valence-corrected chi connectivity index (χ4v) is 2.34. The fraction of sp³-hybridized carbons (Fsp3) is 0.188. The molecule has 110 valence electrons. The van der Waals surface area contributed by atoms with E-state index in [2.05, 4.69) is 21.2 Å². The first-order chi connectivity index (χ1) is 10.1. The monoisotopic (exact) mass is 348 g/mol. The van der Waals surface area contributed by atoms with Crippen molar-refractivity contribution in [1.82, 2.24) is 0 Å². The van der Waals surface area contributed by atoms with E-state index in [1.165, 1.54) is 0 Å². The van der Waals surface area contributed by atoms with Gasteiger partial charge in [-0.05, 0) is 58.7 Å². The number of benzene rings is 2. The molecule has 3 N–H and O–H groups in total. The Morgan fingerprint density at radius 1 is 1.24 bits per heavy atom. The van der Waals surface area contributed by atoms with E-state index >= 15 is 0 Å². The second-order valence-corrected chi connectivity index (χ2v) is 5.39. The maximum Gasteiger partial charge on any atom is 0.255 e. The molecule has 5 heteroatoms. The van der Waals surface area contributed by atoms with Crippen LogP contribution in [-0.2, 0) is 6.42 Å².